The number of aromatic hydroxyl groups is 1. The first-order chi connectivity index (χ1) is 12.1. The van der Waals surface area contributed by atoms with Crippen molar-refractivity contribution in [2.45, 2.75) is 26.2 Å². The highest BCUT2D eigenvalue weighted by molar-refractivity contribution is 7.80. The summed E-state index contributed by atoms with van der Waals surface area (Å²) >= 11 is 5.05. The number of hydrogen-bond donors (Lipinski definition) is 3. The second kappa shape index (κ2) is 7.49. The number of nitro groups is 1. The summed E-state index contributed by atoms with van der Waals surface area (Å²) in [5, 5.41) is 25.6. The molecular weight excluding hydrogens is 354 g/mol. The van der Waals surface area contributed by atoms with Crippen LogP contribution in [0.1, 0.15) is 36.7 Å². The minimum absolute atomic E-state index is 0.0146. The molecule has 2 rings (SSSR count). The number of nitrogens with one attached hydrogen (secondary N) is 2. The fraction of sp³-hybridized carbons (Fsp3) is 0.222. The van der Waals surface area contributed by atoms with E-state index < -0.39 is 10.8 Å². The van der Waals surface area contributed by atoms with Crippen molar-refractivity contribution in [3.8, 4) is 5.75 Å². The number of carbonyl (C=O) groups is 1. The average Bonchev–Trinajstić information content (AvgIpc) is 2.55. The number of phenols is 1. The summed E-state index contributed by atoms with van der Waals surface area (Å²) in [5.74, 6) is -0.741. The zero-order chi connectivity index (χ0) is 19.5. The minimum atomic E-state index is -0.620. The van der Waals surface area contributed by atoms with Gasteiger partial charge in [-0.25, -0.2) is 0 Å². The maximum Gasteiger partial charge on any atom is 0.273 e. The monoisotopic (exact) mass is 373 g/mol. The molecule has 1 amide bonds. The molecule has 0 spiro atoms. The topological polar surface area (TPSA) is 104 Å². The summed E-state index contributed by atoms with van der Waals surface area (Å²) in [6.07, 6.45) is 0. The van der Waals surface area contributed by atoms with Gasteiger partial charge in [0.15, 0.2) is 5.11 Å². The molecule has 2 aromatic carbocycles. The molecule has 0 saturated heterocycles. The first-order valence-corrected chi connectivity index (χ1v) is 8.19. The summed E-state index contributed by atoms with van der Waals surface area (Å²) in [4.78, 5) is 22.3. The quantitative estimate of drug-likeness (QED) is 0.328. The number of rotatable bonds is 3. The Kier molecular flexibility index (Phi) is 5.56. The van der Waals surface area contributed by atoms with Crippen LogP contribution in [0.5, 0.6) is 5.75 Å². The van der Waals surface area contributed by atoms with Gasteiger partial charge in [0.25, 0.3) is 11.6 Å². The van der Waals surface area contributed by atoms with Crippen LogP contribution in [0.2, 0.25) is 0 Å². The van der Waals surface area contributed by atoms with Gasteiger partial charge in [-0.2, -0.15) is 0 Å². The number of anilines is 1. The third-order valence-corrected chi connectivity index (χ3v) is 3.88. The lowest BCUT2D eigenvalue weighted by Crippen LogP contribution is -2.34. The molecular formula is C18H19N3O4S. The third kappa shape index (κ3) is 4.76. The first-order valence-electron chi connectivity index (χ1n) is 7.78. The molecule has 0 bridgehead atoms. The molecule has 7 nitrogen and oxygen atoms in total. The predicted molar refractivity (Wildman–Crippen MR) is 104 cm³/mol. The Labute approximate surface area is 156 Å². The third-order valence-electron chi connectivity index (χ3n) is 3.68. The summed E-state index contributed by atoms with van der Waals surface area (Å²) in [7, 11) is 0. The molecule has 0 aliphatic carbocycles. The number of non-ortho nitro benzene ring substituents is 1. The number of hydrogen-bond acceptors (Lipinski definition) is 5. The van der Waals surface area contributed by atoms with Gasteiger partial charge in [-0.3, -0.25) is 20.2 Å². The average molecular weight is 373 g/mol. The van der Waals surface area contributed by atoms with Crippen molar-refractivity contribution in [1.82, 2.24) is 5.32 Å². The van der Waals surface area contributed by atoms with Gasteiger partial charge in [0.1, 0.15) is 5.75 Å². The van der Waals surface area contributed by atoms with Crippen molar-refractivity contribution >= 4 is 34.6 Å². The van der Waals surface area contributed by atoms with Crippen molar-refractivity contribution < 1.29 is 14.8 Å². The van der Waals surface area contributed by atoms with Crippen LogP contribution in [0.25, 0.3) is 0 Å². The van der Waals surface area contributed by atoms with Crippen molar-refractivity contribution in [2.75, 3.05) is 5.32 Å². The summed E-state index contributed by atoms with van der Waals surface area (Å²) in [5.41, 5.74) is 1.44. The van der Waals surface area contributed by atoms with Gasteiger partial charge in [0.05, 0.1) is 16.7 Å². The van der Waals surface area contributed by atoms with Gasteiger partial charge in [0, 0.05) is 11.6 Å². The second-order valence-electron chi connectivity index (χ2n) is 6.69. The van der Waals surface area contributed by atoms with E-state index in [0.29, 0.717) is 5.56 Å². The van der Waals surface area contributed by atoms with Gasteiger partial charge in [-0.05, 0) is 41.4 Å². The highest BCUT2D eigenvalue weighted by Crippen LogP contribution is 2.27. The van der Waals surface area contributed by atoms with Gasteiger partial charge in [-0.15, -0.1) is 0 Å². The van der Waals surface area contributed by atoms with Crippen molar-refractivity contribution in [1.29, 1.82) is 0 Å². The Morgan fingerprint density at radius 1 is 1.15 bits per heavy atom. The molecule has 0 aliphatic heterocycles. The number of carbonyl (C=O) groups excluding carboxylic acids is 1. The summed E-state index contributed by atoms with van der Waals surface area (Å²) in [6, 6.07) is 10.7. The molecule has 136 valence electrons. The van der Waals surface area contributed by atoms with E-state index in [1.807, 2.05) is 12.1 Å². The van der Waals surface area contributed by atoms with E-state index in [1.165, 1.54) is 12.1 Å². The molecule has 0 fully saturated rings. The van der Waals surface area contributed by atoms with Crippen LogP contribution in [0.15, 0.2) is 42.5 Å². The lowest BCUT2D eigenvalue weighted by Gasteiger charge is -2.19. The number of benzene rings is 2. The van der Waals surface area contributed by atoms with E-state index in [-0.39, 0.29) is 27.7 Å². The van der Waals surface area contributed by atoms with Crippen LogP contribution < -0.4 is 10.6 Å². The van der Waals surface area contributed by atoms with Crippen LogP contribution in [0.4, 0.5) is 11.4 Å². The SMILES string of the molecule is CC(C)(C)c1ccc(C(=O)NC(=S)Nc2ccc([N+](=O)[O-])cc2O)cc1. The maximum atomic E-state index is 12.2. The lowest BCUT2D eigenvalue weighted by atomic mass is 9.87. The van der Waals surface area contributed by atoms with E-state index in [1.54, 1.807) is 12.1 Å². The van der Waals surface area contributed by atoms with Crippen LogP contribution in [0, 0.1) is 10.1 Å². The highest BCUT2D eigenvalue weighted by atomic mass is 32.1. The molecule has 0 unspecified atom stereocenters. The zero-order valence-electron chi connectivity index (χ0n) is 14.6. The maximum absolute atomic E-state index is 12.2. The molecule has 0 atom stereocenters. The Bertz CT molecular complexity index is 858. The normalized spacial score (nSPS) is 10.9. The fourth-order valence-electron chi connectivity index (χ4n) is 2.19. The molecule has 8 heteroatoms. The Hall–Kier alpha value is -3.00. The number of phenolic OH excluding ortho intramolecular Hbond substituents is 1. The van der Waals surface area contributed by atoms with Crippen LogP contribution in [-0.4, -0.2) is 21.0 Å². The van der Waals surface area contributed by atoms with Crippen molar-refractivity contribution in [2.24, 2.45) is 0 Å². The molecule has 0 radical (unpaired) electrons. The molecule has 3 N–H and O–H groups in total. The van der Waals surface area contributed by atoms with Crippen molar-refractivity contribution in [3.63, 3.8) is 0 Å². The Balaban J connectivity index is 2.03. The first kappa shape index (κ1) is 19.3. The Morgan fingerprint density at radius 3 is 2.27 bits per heavy atom. The molecule has 2 aromatic rings. The molecule has 0 aromatic heterocycles. The standard InChI is InChI=1S/C18H19N3O4S/c1-18(2,3)12-6-4-11(5-7-12)16(23)20-17(26)19-14-9-8-13(21(24)25)10-15(14)22/h4-10,22H,1-3H3,(H2,19,20,23,26). The Morgan fingerprint density at radius 2 is 1.77 bits per heavy atom. The van der Waals surface area contributed by atoms with E-state index >= 15 is 0 Å². The van der Waals surface area contributed by atoms with E-state index in [4.69, 9.17) is 12.2 Å². The highest BCUT2D eigenvalue weighted by Gasteiger charge is 2.15. The van der Waals surface area contributed by atoms with Gasteiger partial charge < -0.3 is 10.4 Å². The molecule has 0 saturated carbocycles. The minimum Gasteiger partial charge on any atom is -0.506 e. The van der Waals surface area contributed by atoms with Crippen LogP contribution in [-0.2, 0) is 5.41 Å². The number of nitro benzene ring substituents is 1. The number of amides is 1. The zero-order valence-corrected chi connectivity index (χ0v) is 15.4. The second-order valence-corrected chi connectivity index (χ2v) is 7.10. The summed E-state index contributed by atoms with van der Waals surface area (Å²) < 4.78 is 0. The smallest absolute Gasteiger partial charge is 0.273 e. The molecule has 26 heavy (non-hydrogen) atoms. The van der Waals surface area contributed by atoms with Crippen molar-refractivity contribution in [3.05, 3.63) is 63.7 Å². The van der Waals surface area contributed by atoms with Crippen LogP contribution >= 0.6 is 12.2 Å². The van der Waals surface area contributed by atoms with E-state index in [2.05, 4.69) is 31.4 Å². The lowest BCUT2D eigenvalue weighted by molar-refractivity contribution is -0.384. The van der Waals surface area contributed by atoms with E-state index in [9.17, 15) is 20.0 Å². The number of thiocarbonyl (C=S) groups is 1. The van der Waals surface area contributed by atoms with Gasteiger partial charge in [-0.1, -0.05) is 32.9 Å². The molecule has 0 aliphatic rings. The van der Waals surface area contributed by atoms with Crippen LogP contribution in [0.3, 0.4) is 0 Å². The molecule has 0 heterocycles. The summed E-state index contributed by atoms with van der Waals surface area (Å²) in [6.45, 7) is 6.24. The van der Waals surface area contributed by atoms with Gasteiger partial charge >= 0.3 is 0 Å². The predicted octanol–water partition coefficient (Wildman–Crippen LogP) is 3.72. The van der Waals surface area contributed by atoms with Gasteiger partial charge in [0.2, 0.25) is 0 Å². The largest absolute Gasteiger partial charge is 0.506 e. The van der Waals surface area contributed by atoms with E-state index in [0.717, 1.165) is 11.6 Å². The number of nitrogens with zero attached hydrogens (tertiary/aromatic N) is 1. The fourth-order valence-corrected chi connectivity index (χ4v) is 2.39.